The third-order valence-corrected chi connectivity index (χ3v) is 1.66. The zero-order chi connectivity index (χ0) is 8.65. The molecule has 1 atom stereocenters. The van der Waals surface area contributed by atoms with Crippen molar-refractivity contribution in [3.63, 3.8) is 0 Å². The summed E-state index contributed by atoms with van der Waals surface area (Å²) in [4.78, 5) is 21.2. The molecule has 1 aliphatic heterocycles. The Morgan fingerprint density at radius 1 is 1.73 bits per heavy atom. The van der Waals surface area contributed by atoms with E-state index in [1.165, 1.54) is 0 Å². The molecule has 0 aromatic carbocycles. The number of carboxylic acids is 1. The molecule has 1 rings (SSSR count). The summed E-state index contributed by atoms with van der Waals surface area (Å²) in [6, 6.07) is 0. The maximum atomic E-state index is 10.8. The van der Waals surface area contributed by atoms with Crippen molar-refractivity contribution >= 4 is 11.9 Å². The predicted octanol–water partition coefficient (Wildman–Crippen LogP) is 0.413. The predicted molar refractivity (Wildman–Crippen MR) is 35.9 cm³/mol. The SMILES string of the molecule is CC1(C)C[C@H](C(=O)O)C(=O)O1. The van der Waals surface area contributed by atoms with Crippen molar-refractivity contribution in [2.75, 3.05) is 0 Å². The summed E-state index contributed by atoms with van der Waals surface area (Å²) in [6.07, 6.45) is 0.265. The third-order valence-electron chi connectivity index (χ3n) is 1.66. The van der Waals surface area contributed by atoms with Crippen LogP contribution in [0.25, 0.3) is 0 Å². The summed E-state index contributed by atoms with van der Waals surface area (Å²) in [6.45, 7) is 3.40. The average Bonchev–Trinajstić information content (AvgIpc) is 2.05. The van der Waals surface area contributed by atoms with E-state index in [0.717, 1.165) is 0 Å². The van der Waals surface area contributed by atoms with E-state index in [9.17, 15) is 9.59 Å². The van der Waals surface area contributed by atoms with E-state index in [1.54, 1.807) is 13.8 Å². The minimum atomic E-state index is -1.10. The van der Waals surface area contributed by atoms with Crippen LogP contribution in [0.3, 0.4) is 0 Å². The lowest BCUT2D eigenvalue weighted by Crippen LogP contribution is -2.18. The smallest absolute Gasteiger partial charge is 0.321 e. The van der Waals surface area contributed by atoms with Crippen molar-refractivity contribution in [1.29, 1.82) is 0 Å². The Hall–Kier alpha value is -1.06. The summed E-state index contributed by atoms with van der Waals surface area (Å²) >= 11 is 0. The number of rotatable bonds is 1. The molecule has 0 unspecified atom stereocenters. The lowest BCUT2D eigenvalue weighted by Gasteiger charge is -2.14. The third kappa shape index (κ3) is 1.50. The van der Waals surface area contributed by atoms with Crippen LogP contribution in [0.5, 0.6) is 0 Å². The summed E-state index contributed by atoms with van der Waals surface area (Å²) in [7, 11) is 0. The number of esters is 1. The number of carboxylic acid groups (broad SMARTS) is 1. The van der Waals surface area contributed by atoms with E-state index < -0.39 is 23.5 Å². The van der Waals surface area contributed by atoms with E-state index in [2.05, 4.69) is 0 Å². The molecule has 62 valence electrons. The van der Waals surface area contributed by atoms with Gasteiger partial charge in [-0.3, -0.25) is 9.59 Å². The summed E-state index contributed by atoms with van der Waals surface area (Å²) in [5.74, 6) is -2.69. The highest BCUT2D eigenvalue weighted by atomic mass is 16.6. The molecule has 0 saturated carbocycles. The van der Waals surface area contributed by atoms with Gasteiger partial charge < -0.3 is 9.84 Å². The van der Waals surface area contributed by atoms with Gasteiger partial charge in [-0.15, -0.1) is 0 Å². The van der Waals surface area contributed by atoms with Gasteiger partial charge in [0.2, 0.25) is 0 Å². The molecule has 4 heteroatoms. The van der Waals surface area contributed by atoms with Gasteiger partial charge in [-0.2, -0.15) is 0 Å². The Morgan fingerprint density at radius 3 is 2.45 bits per heavy atom. The van der Waals surface area contributed by atoms with Crippen molar-refractivity contribution in [1.82, 2.24) is 0 Å². The van der Waals surface area contributed by atoms with Gasteiger partial charge in [0.05, 0.1) is 0 Å². The molecular formula is C7H10O4. The lowest BCUT2D eigenvalue weighted by atomic mass is 9.98. The molecule has 11 heavy (non-hydrogen) atoms. The van der Waals surface area contributed by atoms with E-state index in [-0.39, 0.29) is 6.42 Å². The molecule has 1 heterocycles. The number of carbonyl (C=O) groups excluding carboxylic acids is 1. The van der Waals surface area contributed by atoms with Gasteiger partial charge in [0, 0.05) is 6.42 Å². The highest BCUT2D eigenvalue weighted by molar-refractivity contribution is 5.95. The molecule has 1 fully saturated rings. The molecular weight excluding hydrogens is 148 g/mol. The maximum absolute atomic E-state index is 10.8. The largest absolute Gasteiger partial charge is 0.481 e. The minimum absolute atomic E-state index is 0.265. The highest BCUT2D eigenvalue weighted by Crippen LogP contribution is 2.30. The molecule has 0 amide bonds. The fraction of sp³-hybridized carbons (Fsp3) is 0.714. The zero-order valence-electron chi connectivity index (χ0n) is 6.46. The summed E-state index contributed by atoms with van der Waals surface area (Å²) in [5.41, 5.74) is -0.611. The first kappa shape index (κ1) is 8.04. The molecule has 1 N–H and O–H groups in total. The first-order valence-electron chi connectivity index (χ1n) is 3.38. The normalized spacial score (nSPS) is 28.2. The minimum Gasteiger partial charge on any atom is -0.481 e. The van der Waals surface area contributed by atoms with Gasteiger partial charge >= 0.3 is 11.9 Å². The van der Waals surface area contributed by atoms with E-state index >= 15 is 0 Å². The fourth-order valence-electron chi connectivity index (χ4n) is 1.15. The van der Waals surface area contributed by atoms with Gasteiger partial charge in [0.15, 0.2) is 5.92 Å². The standard InChI is InChI=1S/C7H10O4/c1-7(2)3-4(5(8)9)6(10)11-7/h4H,3H2,1-2H3,(H,8,9)/t4-/m1/s1. The van der Waals surface area contributed by atoms with Crippen LogP contribution in [-0.2, 0) is 14.3 Å². The highest BCUT2D eigenvalue weighted by Gasteiger charge is 2.44. The molecule has 1 aliphatic rings. The Bertz CT molecular complexity index is 206. The number of ether oxygens (including phenoxy) is 1. The molecule has 0 bridgehead atoms. The van der Waals surface area contributed by atoms with Crippen molar-refractivity contribution in [2.45, 2.75) is 25.9 Å². The van der Waals surface area contributed by atoms with Crippen molar-refractivity contribution < 1.29 is 19.4 Å². The van der Waals surface area contributed by atoms with Crippen LogP contribution in [0.2, 0.25) is 0 Å². The maximum Gasteiger partial charge on any atom is 0.321 e. The fourth-order valence-corrected chi connectivity index (χ4v) is 1.15. The number of hydrogen-bond acceptors (Lipinski definition) is 3. The van der Waals surface area contributed by atoms with Gasteiger partial charge in [-0.25, -0.2) is 0 Å². The van der Waals surface area contributed by atoms with E-state index in [4.69, 9.17) is 9.84 Å². The molecule has 0 aromatic heterocycles. The zero-order valence-corrected chi connectivity index (χ0v) is 6.46. The number of hydrogen-bond donors (Lipinski definition) is 1. The first-order chi connectivity index (χ1) is 4.92. The molecule has 0 aromatic rings. The quantitative estimate of drug-likeness (QED) is 0.443. The molecule has 0 radical (unpaired) electrons. The monoisotopic (exact) mass is 158 g/mol. The number of cyclic esters (lactones) is 1. The van der Waals surface area contributed by atoms with Crippen LogP contribution in [0, 0.1) is 5.92 Å². The van der Waals surface area contributed by atoms with Crippen LogP contribution >= 0.6 is 0 Å². The van der Waals surface area contributed by atoms with E-state index in [0.29, 0.717) is 0 Å². The number of aliphatic carboxylic acids is 1. The van der Waals surface area contributed by atoms with Crippen molar-refractivity contribution in [2.24, 2.45) is 5.92 Å². The number of carbonyl (C=O) groups is 2. The lowest BCUT2D eigenvalue weighted by molar-refractivity contribution is -0.154. The van der Waals surface area contributed by atoms with Gasteiger partial charge in [-0.05, 0) is 13.8 Å². The van der Waals surface area contributed by atoms with Crippen LogP contribution in [0.4, 0.5) is 0 Å². The molecule has 4 nitrogen and oxygen atoms in total. The Kier molecular flexibility index (Phi) is 1.62. The molecule has 0 aliphatic carbocycles. The Labute approximate surface area is 64.2 Å². The summed E-state index contributed by atoms with van der Waals surface area (Å²) in [5, 5.41) is 8.52. The van der Waals surface area contributed by atoms with Crippen molar-refractivity contribution in [3.05, 3.63) is 0 Å². The van der Waals surface area contributed by atoms with Gasteiger partial charge in [-0.1, -0.05) is 0 Å². The van der Waals surface area contributed by atoms with Crippen LogP contribution in [0.1, 0.15) is 20.3 Å². The Morgan fingerprint density at radius 2 is 2.27 bits per heavy atom. The van der Waals surface area contributed by atoms with Crippen LogP contribution < -0.4 is 0 Å². The van der Waals surface area contributed by atoms with E-state index in [1.807, 2.05) is 0 Å². The van der Waals surface area contributed by atoms with Gasteiger partial charge in [0.1, 0.15) is 5.60 Å². The second-order valence-electron chi connectivity index (χ2n) is 3.28. The average molecular weight is 158 g/mol. The first-order valence-corrected chi connectivity index (χ1v) is 3.38. The second-order valence-corrected chi connectivity index (χ2v) is 3.28. The molecule has 1 saturated heterocycles. The molecule has 0 spiro atoms. The van der Waals surface area contributed by atoms with Gasteiger partial charge in [0.25, 0.3) is 0 Å². The Balaban J connectivity index is 2.74. The second kappa shape index (κ2) is 2.22. The van der Waals surface area contributed by atoms with Crippen molar-refractivity contribution in [3.8, 4) is 0 Å². The summed E-state index contributed by atoms with van der Waals surface area (Å²) < 4.78 is 4.80. The van der Waals surface area contributed by atoms with Crippen LogP contribution in [-0.4, -0.2) is 22.6 Å². The topological polar surface area (TPSA) is 63.6 Å². The van der Waals surface area contributed by atoms with Crippen LogP contribution in [0.15, 0.2) is 0 Å².